The number of amides is 1. The van der Waals surface area contributed by atoms with E-state index in [1.54, 1.807) is 36.6 Å². The predicted octanol–water partition coefficient (Wildman–Crippen LogP) is 4.51. The second-order valence-corrected chi connectivity index (χ2v) is 6.86. The highest BCUT2D eigenvalue weighted by atomic mass is 35.5. The maximum absolute atomic E-state index is 12.4. The molecule has 0 aliphatic heterocycles. The van der Waals surface area contributed by atoms with E-state index < -0.39 is 18.0 Å². The fraction of sp³-hybridized carbons (Fsp3) is 0.167. The SMILES string of the molecule is Cc1c(C(=O)OC(C)C(=O)Nc2sccc2C#N)oc2ccc(Cl)cc12. The van der Waals surface area contributed by atoms with E-state index in [2.05, 4.69) is 5.32 Å². The Hall–Kier alpha value is -2.82. The van der Waals surface area contributed by atoms with Crippen LogP contribution in [0, 0.1) is 18.3 Å². The van der Waals surface area contributed by atoms with Crippen molar-refractivity contribution >= 4 is 50.8 Å². The van der Waals surface area contributed by atoms with Gasteiger partial charge in [0.25, 0.3) is 5.91 Å². The number of aryl methyl sites for hydroxylation is 1. The number of carbonyl (C=O) groups is 2. The molecule has 0 saturated carbocycles. The molecule has 0 aliphatic carbocycles. The van der Waals surface area contributed by atoms with Crippen molar-refractivity contribution in [2.45, 2.75) is 20.0 Å². The number of thiophene rings is 1. The molecule has 1 amide bonds. The highest BCUT2D eigenvalue weighted by Gasteiger charge is 2.25. The summed E-state index contributed by atoms with van der Waals surface area (Å²) in [4.78, 5) is 24.6. The van der Waals surface area contributed by atoms with Crippen molar-refractivity contribution in [1.82, 2.24) is 0 Å². The molecule has 1 aromatic carbocycles. The highest BCUT2D eigenvalue weighted by Crippen LogP contribution is 2.28. The van der Waals surface area contributed by atoms with Gasteiger partial charge in [-0.15, -0.1) is 11.3 Å². The topological polar surface area (TPSA) is 92.3 Å². The van der Waals surface area contributed by atoms with Gasteiger partial charge in [-0.05, 0) is 43.5 Å². The molecule has 3 aromatic rings. The average Bonchev–Trinajstić information content (AvgIpc) is 3.19. The molecule has 0 fully saturated rings. The van der Waals surface area contributed by atoms with Crippen LogP contribution in [-0.2, 0) is 9.53 Å². The molecule has 0 radical (unpaired) electrons. The lowest BCUT2D eigenvalue weighted by molar-refractivity contribution is -0.123. The predicted molar refractivity (Wildman–Crippen MR) is 98.5 cm³/mol. The number of ether oxygens (including phenoxy) is 1. The van der Waals surface area contributed by atoms with Gasteiger partial charge in [0.05, 0.1) is 5.56 Å². The quantitative estimate of drug-likeness (QED) is 0.663. The number of nitrogens with zero attached hydrogens (tertiary/aromatic N) is 1. The molecule has 6 nitrogen and oxygen atoms in total. The van der Waals surface area contributed by atoms with Crippen LogP contribution in [0.25, 0.3) is 11.0 Å². The Morgan fingerprint density at radius 2 is 2.15 bits per heavy atom. The standard InChI is InChI=1S/C18H13ClN2O4S/c1-9-13-7-12(19)3-4-14(13)25-15(9)18(23)24-10(2)16(22)21-17-11(8-20)5-6-26-17/h3-7,10H,1-2H3,(H,21,22). The molecule has 0 saturated heterocycles. The Kier molecular flexibility index (Phi) is 4.98. The van der Waals surface area contributed by atoms with Gasteiger partial charge in [0.2, 0.25) is 5.76 Å². The average molecular weight is 389 g/mol. The zero-order chi connectivity index (χ0) is 18.8. The Bertz CT molecular complexity index is 1050. The maximum atomic E-state index is 12.4. The van der Waals surface area contributed by atoms with E-state index >= 15 is 0 Å². The second kappa shape index (κ2) is 7.20. The monoisotopic (exact) mass is 388 g/mol. The molecule has 132 valence electrons. The number of nitrogens with one attached hydrogen (secondary N) is 1. The van der Waals surface area contributed by atoms with Crippen LogP contribution in [0.4, 0.5) is 5.00 Å². The summed E-state index contributed by atoms with van der Waals surface area (Å²) in [7, 11) is 0. The number of nitriles is 1. The van der Waals surface area contributed by atoms with Gasteiger partial charge in [0, 0.05) is 16.0 Å². The molecular weight excluding hydrogens is 376 g/mol. The first-order chi connectivity index (χ1) is 12.4. The van der Waals surface area contributed by atoms with E-state index in [1.807, 2.05) is 6.07 Å². The van der Waals surface area contributed by atoms with Gasteiger partial charge in [-0.25, -0.2) is 4.79 Å². The van der Waals surface area contributed by atoms with Crippen LogP contribution in [0.2, 0.25) is 5.02 Å². The van der Waals surface area contributed by atoms with Crippen molar-refractivity contribution < 1.29 is 18.7 Å². The van der Waals surface area contributed by atoms with Gasteiger partial charge >= 0.3 is 5.97 Å². The van der Waals surface area contributed by atoms with Crippen molar-refractivity contribution in [1.29, 1.82) is 5.26 Å². The van der Waals surface area contributed by atoms with Crippen LogP contribution < -0.4 is 5.32 Å². The Labute approximate surface area is 157 Å². The Balaban J connectivity index is 1.74. The molecule has 26 heavy (non-hydrogen) atoms. The van der Waals surface area contributed by atoms with Gasteiger partial charge in [-0.2, -0.15) is 5.26 Å². The molecule has 0 bridgehead atoms. The first-order valence-electron chi connectivity index (χ1n) is 7.58. The number of carbonyl (C=O) groups excluding carboxylic acids is 2. The molecule has 2 aromatic heterocycles. The maximum Gasteiger partial charge on any atom is 0.375 e. The minimum atomic E-state index is -1.06. The van der Waals surface area contributed by atoms with Crippen LogP contribution >= 0.6 is 22.9 Å². The number of furan rings is 1. The van der Waals surface area contributed by atoms with Crippen LogP contribution in [-0.4, -0.2) is 18.0 Å². The summed E-state index contributed by atoms with van der Waals surface area (Å²) in [6.45, 7) is 3.16. The molecule has 2 heterocycles. The van der Waals surface area contributed by atoms with Gasteiger partial charge in [0.1, 0.15) is 16.7 Å². The molecule has 0 spiro atoms. The lowest BCUT2D eigenvalue weighted by Gasteiger charge is -2.12. The number of esters is 1. The van der Waals surface area contributed by atoms with Gasteiger partial charge in [-0.3, -0.25) is 4.79 Å². The third kappa shape index (κ3) is 3.43. The van der Waals surface area contributed by atoms with Crippen LogP contribution in [0.5, 0.6) is 0 Å². The number of fused-ring (bicyclic) bond motifs is 1. The summed E-state index contributed by atoms with van der Waals surface area (Å²) >= 11 is 7.18. The Morgan fingerprint density at radius 1 is 1.38 bits per heavy atom. The van der Waals surface area contributed by atoms with Crippen LogP contribution in [0.3, 0.4) is 0 Å². The molecule has 8 heteroatoms. The highest BCUT2D eigenvalue weighted by molar-refractivity contribution is 7.14. The van der Waals surface area contributed by atoms with Crippen LogP contribution in [0.1, 0.15) is 28.6 Å². The van der Waals surface area contributed by atoms with Gasteiger partial charge < -0.3 is 14.5 Å². The van der Waals surface area contributed by atoms with Crippen molar-refractivity contribution in [3.05, 3.63) is 51.6 Å². The molecule has 0 aliphatic rings. The van der Waals surface area contributed by atoms with E-state index in [0.717, 1.165) is 0 Å². The zero-order valence-corrected chi connectivity index (χ0v) is 15.4. The first kappa shape index (κ1) is 18.0. The first-order valence-corrected chi connectivity index (χ1v) is 8.84. The third-order valence-electron chi connectivity index (χ3n) is 3.76. The van der Waals surface area contributed by atoms with Crippen molar-refractivity contribution in [2.75, 3.05) is 5.32 Å². The van der Waals surface area contributed by atoms with E-state index in [-0.39, 0.29) is 5.76 Å². The lowest BCUT2D eigenvalue weighted by Crippen LogP contribution is -2.30. The minimum Gasteiger partial charge on any atom is -0.449 e. The summed E-state index contributed by atoms with van der Waals surface area (Å²) in [5, 5.41) is 14.9. The normalized spacial score (nSPS) is 11.8. The van der Waals surface area contributed by atoms with Gasteiger partial charge in [-0.1, -0.05) is 11.6 Å². The molecular formula is C18H13ClN2O4S. The summed E-state index contributed by atoms with van der Waals surface area (Å²) < 4.78 is 10.7. The third-order valence-corrected chi connectivity index (χ3v) is 4.82. The Morgan fingerprint density at radius 3 is 2.88 bits per heavy atom. The van der Waals surface area contributed by atoms with Gasteiger partial charge in [0.15, 0.2) is 6.10 Å². The number of benzene rings is 1. The summed E-state index contributed by atoms with van der Waals surface area (Å²) in [6.07, 6.45) is -1.06. The number of rotatable bonds is 4. The number of hydrogen-bond acceptors (Lipinski definition) is 6. The smallest absolute Gasteiger partial charge is 0.375 e. The van der Waals surface area contributed by atoms with E-state index in [4.69, 9.17) is 26.0 Å². The molecule has 1 N–H and O–H groups in total. The summed E-state index contributed by atoms with van der Waals surface area (Å²) in [6, 6.07) is 8.59. The molecule has 1 atom stereocenters. The number of hydrogen-bond donors (Lipinski definition) is 1. The number of anilines is 1. The summed E-state index contributed by atoms with van der Waals surface area (Å²) in [5.41, 5.74) is 1.45. The molecule has 3 rings (SSSR count). The van der Waals surface area contributed by atoms with Crippen molar-refractivity contribution in [2.24, 2.45) is 0 Å². The molecule has 1 unspecified atom stereocenters. The van der Waals surface area contributed by atoms with Crippen molar-refractivity contribution in [3.8, 4) is 6.07 Å². The fourth-order valence-corrected chi connectivity index (χ4v) is 3.28. The van der Waals surface area contributed by atoms with Crippen LogP contribution in [0.15, 0.2) is 34.1 Å². The van der Waals surface area contributed by atoms with E-state index in [1.165, 1.54) is 18.3 Å². The zero-order valence-electron chi connectivity index (χ0n) is 13.8. The van der Waals surface area contributed by atoms with E-state index in [9.17, 15) is 9.59 Å². The lowest BCUT2D eigenvalue weighted by atomic mass is 10.1. The largest absolute Gasteiger partial charge is 0.449 e. The van der Waals surface area contributed by atoms with Crippen molar-refractivity contribution in [3.63, 3.8) is 0 Å². The number of halogens is 1. The second-order valence-electron chi connectivity index (χ2n) is 5.51. The summed E-state index contributed by atoms with van der Waals surface area (Å²) in [5.74, 6) is -1.26. The van der Waals surface area contributed by atoms with E-state index in [0.29, 0.717) is 32.1 Å². The minimum absolute atomic E-state index is 0.0238. The fourth-order valence-electron chi connectivity index (χ4n) is 2.36.